The molecule has 1 amide bonds. The van der Waals surface area contributed by atoms with E-state index in [-0.39, 0.29) is 11.6 Å². The average molecular weight is 249 g/mol. The van der Waals surface area contributed by atoms with Crippen molar-refractivity contribution in [2.45, 2.75) is 39.2 Å². The van der Waals surface area contributed by atoms with Crippen LogP contribution in [0, 0.1) is 17.1 Å². The summed E-state index contributed by atoms with van der Waals surface area (Å²) in [5, 5.41) is 11.3. The van der Waals surface area contributed by atoms with Gasteiger partial charge in [0.1, 0.15) is 17.1 Å². The highest BCUT2D eigenvalue weighted by molar-refractivity contribution is 5.93. The minimum absolute atomic E-state index is 0.00478. The molecule has 0 aliphatic carbocycles. The van der Waals surface area contributed by atoms with Crippen LogP contribution in [0.3, 0.4) is 0 Å². The van der Waals surface area contributed by atoms with Crippen molar-refractivity contribution >= 4 is 5.91 Å². The molecule has 1 aromatic rings. The van der Waals surface area contributed by atoms with E-state index in [2.05, 4.69) is 10.3 Å². The average Bonchev–Trinajstić information content (AvgIpc) is 2.27. The zero-order valence-corrected chi connectivity index (χ0v) is 10.9. The molecule has 4 nitrogen and oxygen atoms in total. The monoisotopic (exact) mass is 249 g/mol. The van der Waals surface area contributed by atoms with Crippen LogP contribution in [0.15, 0.2) is 12.3 Å². The third kappa shape index (κ3) is 3.27. The van der Waals surface area contributed by atoms with Gasteiger partial charge in [-0.05, 0) is 19.8 Å². The molecule has 96 valence electrons. The summed E-state index contributed by atoms with van der Waals surface area (Å²) in [4.78, 5) is 15.7. The molecule has 0 fully saturated rings. The van der Waals surface area contributed by atoms with Gasteiger partial charge >= 0.3 is 0 Å². The van der Waals surface area contributed by atoms with Crippen LogP contribution in [-0.2, 0) is 0 Å². The normalized spacial score (nSPS) is 11.2. The van der Waals surface area contributed by atoms with E-state index in [0.717, 1.165) is 6.07 Å². The first kappa shape index (κ1) is 14.1. The summed E-state index contributed by atoms with van der Waals surface area (Å²) in [6.07, 6.45) is 1.36. The molecule has 0 aliphatic rings. The van der Waals surface area contributed by atoms with Gasteiger partial charge in [-0.3, -0.25) is 9.78 Å². The van der Waals surface area contributed by atoms with E-state index in [0.29, 0.717) is 5.56 Å². The summed E-state index contributed by atoms with van der Waals surface area (Å²) < 4.78 is 13.7. The van der Waals surface area contributed by atoms with Crippen LogP contribution in [0.2, 0.25) is 0 Å². The van der Waals surface area contributed by atoms with Gasteiger partial charge in [-0.1, -0.05) is 13.8 Å². The fourth-order valence-corrected chi connectivity index (χ4v) is 1.37. The highest BCUT2D eigenvalue weighted by Gasteiger charge is 2.22. The third-order valence-electron chi connectivity index (χ3n) is 2.44. The minimum atomic E-state index is -1.01. The van der Waals surface area contributed by atoms with Crippen LogP contribution in [-0.4, -0.2) is 16.4 Å². The van der Waals surface area contributed by atoms with Crippen molar-refractivity contribution in [3.05, 3.63) is 29.3 Å². The molecule has 1 aromatic heterocycles. The Morgan fingerprint density at radius 1 is 1.56 bits per heavy atom. The van der Waals surface area contributed by atoms with Crippen LogP contribution in [0.1, 0.15) is 49.7 Å². The molecule has 0 radical (unpaired) electrons. The molecule has 0 saturated carbocycles. The Balaban J connectivity index is 2.96. The van der Waals surface area contributed by atoms with E-state index in [1.54, 1.807) is 13.8 Å². The maximum absolute atomic E-state index is 13.7. The molecule has 1 heterocycles. The predicted molar refractivity (Wildman–Crippen MR) is 65.4 cm³/mol. The summed E-state index contributed by atoms with van der Waals surface area (Å²) in [7, 11) is 0. The number of carbonyl (C=O) groups excluding carboxylic acids is 1. The van der Waals surface area contributed by atoms with Crippen LogP contribution >= 0.6 is 0 Å². The molecular formula is C13H16FN3O. The molecule has 0 aromatic carbocycles. The first-order valence-corrected chi connectivity index (χ1v) is 5.66. The van der Waals surface area contributed by atoms with Crippen molar-refractivity contribution in [1.29, 1.82) is 5.26 Å². The highest BCUT2D eigenvalue weighted by atomic mass is 19.1. The second-order valence-corrected chi connectivity index (χ2v) is 4.94. The van der Waals surface area contributed by atoms with Crippen LogP contribution in [0.25, 0.3) is 0 Å². The van der Waals surface area contributed by atoms with E-state index in [9.17, 15) is 9.18 Å². The maximum atomic E-state index is 13.7. The number of halogens is 1. The number of nitrogens with one attached hydrogen (secondary N) is 1. The Hall–Kier alpha value is -1.96. The van der Waals surface area contributed by atoms with Gasteiger partial charge in [-0.15, -0.1) is 0 Å². The summed E-state index contributed by atoms with van der Waals surface area (Å²) >= 11 is 0. The molecule has 0 bridgehead atoms. The fourth-order valence-electron chi connectivity index (χ4n) is 1.37. The van der Waals surface area contributed by atoms with E-state index >= 15 is 0 Å². The lowest BCUT2D eigenvalue weighted by Crippen LogP contribution is -2.42. The molecule has 18 heavy (non-hydrogen) atoms. The summed E-state index contributed by atoms with van der Waals surface area (Å²) in [6.45, 7) is 6.81. The fraction of sp³-hybridized carbons (Fsp3) is 0.462. The SMILES string of the molecule is CC(C)c1cnc(C(=O)NC(C)(C)C#N)cc1F. The first-order valence-electron chi connectivity index (χ1n) is 5.66. The number of carbonyl (C=O) groups is 1. The summed E-state index contributed by atoms with van der Waals surface area (Å²) in [5.41, 5.74) is -0.572. The molecular weight excluding hydrogens is 233 g/mol. The number of aromatic nitrogens is 1. The molecule has 5 heteroatoms. The lowest BCUT2D eigenvalue weighted by molar-refractivity contribution is 0.0923. The van der Waals surface area contributed by atoms with Gasteiger partial charge in [-0.2, -0.15) is 5.26 Å². The van der Waals surface area contributed by atoms with Crippen LogP contribution in [0.5, 0.6) is 0 Å². The van der Waals surface area contributed by atoms with Crippen molar-refractivity contribution in [2.24, 2.45) is 0 Å². The van der Waals surface area contributed by atoms with Gasteiger partial charge in [-0.25, -0.2) is 4.39 Å². The Labute approximate surface area is 106 Å². The summed E-state index contributed by atoms with van der Waals surface area (Å²) in [6, 6.07) is 3.03. The van der Waals surface area contributed by atoms with Gasteiger partial charge in [0.2, 0.25) is 0 Å². The molecule has 0 aliphatic heterocycles. The first-order chi connectivity index (χ1) is 8.26. The molecule has 1 N–H and O–H groups in total. The number of hydrogen-bond acceptors (Lipinski definition) is 3. The van der Waals surface area contributed by atoms with E-state index < -0.39 is 17.3 Å². The Morgan fingerprint density at radius 2 is 2.17 bits per heavy atom. The Bertz CT molecular complexity index is 503. The smallest absolute Gasteiger partial charge is 0.271 e. The van der Waals surface area contributed by atoms with Crippen molar-refractivity contribution in [3.63, 3.8) is 0 Å². The number of nitriles is 1. The zero-order chi connectivity index (χ0) is 13.9. The van der Waals surface area contributed by atoms with Crippen molar-refractivity contribution in [2.75, 3.05) is 0 Å². The van der Waals surface area contributed by atoms with E-state index in [1.165, 1.54) is 6.20 Å². The quantitative estimate of drug-likeness (QED) is 0.894. The number of nitrogens with zero attached hydrogens (tertiary/aromatic N) is 2. The van der Waals surface area contributed by atoms with Gasteiger partial charge in [0, 0.05) is 17.8 Å². The van der Waals surface area contributed by atoms with E-state index in [1.807, 2.05) is 19.9 Å². The van der Waals surface area contributed by atoms with Crippen molar-refractivity contribution in [1.82, 2.24) is 10.3 Å². The Kier molecular flexibility index (Phi) is 4.02. The number of hydrogen-bond donors (Lipinski definition) is 1. The largest absolute Gasteiger partial charge is 0.333 e. The second kappa shape index (κ2) is 5.13. The molecule has 0 spiro atoms. The van der Waals surface area contributed by atoms with E-state index in [4.69, 9.17) is 5.26 Å². The van der Waals surface area contributed by atoms with Crippen LogP contribution in [0.4, 0.5) is 4.39 Å². The predicted octanol–water partition coefficient (Wildman–Crippen LogP) is 2.38. The topological polar surface area (TPSA) is 65.8 Å². The molecule has 0 atom stereocenters. The van der Waals surface area contributed by atoms with Gasteiger partial charge in [0.05, 0.1) is 6.07 Å². The van der Waals surface area contributed by atoms with Gasteiger partial charge in [0.15, 0.2) is 0 Å². The maximum Gasteiger partial charge on any atom is 0.271 e. The number of pyridine rings is 1. The molecule has 1 rings (SSSR count). The lowest BCUT2D eigenvalue weighted by atomic mass is 10.0. The highest BCUT2D eigenvalue weighted by Crippen LogP contribution is 2.17. The van der Waals surface area contributed by atoms with Gasteiger partial charge in [0.25, 0.3) is 5.91 Å². The van der Waals surface area contributed by atoms with Crippen LogP contribution < -0.4 is 5.32 Å². The minimum Gasteiger partial charge on any atom is -0.333 e. The lowest BCUT2D eigenvalue weighted by Gasteiger charge is -2.17. The summed E-state index contributed by atoms with van der Waals surface area (Å²) in [5.74, 6) is -1.01. The second-order valence-electron chi connectivity index (χ2n) is 4.94. The third-order valence-corrected chi connectivity index (χ3v) is 2.44. The zero-order valence-electron chi connectivity index (χ0n) is 10.9. The van der Waals surface area contributed by atoms with Crippen molar-refractivity contribution in [3.8, 4) is 6.07 Å². The number of rotatable bonds is 3. The van der Waals surface area contributed by atoms with Gasteiger partial charge < -0.3 is 5.32 Å². The standard InChI is InChI=1S/C13H16FN3O/c1-8(2)9-6-16-11(5-10(9)14)12(18)17-13(3,4)7-15/h5-6,8H,1-4H3,(H,17,18). The van der Waals surface area contributed by atoms with Crippen molar-refractivity contribution < 1.29 is 9.18 Å². The molecule has 0 unspecified atom stereocenters. The number of amides is 1. The molecule has 0 saturated heterocycles. The Morgan fingerprint density at radius 3 is 2.61 bits per heavy atom.